The summed E-state index contributed by atoms with van der Waals surface area (Å²) in [5.41, 5.74) is 0.613. The van der Waals surface area contributed by atoms with Crippen molar-refractivity contribution in [1.82, 2.24) is 15.5 Å². The number of hydrogen-bond donors (Lipinski definition) is 2. The normalized spacial score (nSPS) is 32.4. The van der Waals surface area contributed by atoms with Crippen molar-refractivity contribution in [2.24, 2.45) is 11.3 Å². The summed E-state index contributed by atoms with van der Waals surface area (Å²) in [6.45, 7) is 5.50. The molecule has 2 aliphatic carbocycles. The lowest BCUT2D eigenvalue weighted by atomic mass is 9.80. The van der Waals surface area contributed by atoms with E-state index in [1.807, 2.05) is 0 Å². The summed E-state index contributed by atoms with van der Waals surface area (Å²) in [7, 11) is 0. The highest BCUT2D eigenvalue weighted by atomic mass is 32.2. The second-order valence-electron chi connectivity index (χ2n) is 8.47. The van der Waals surface area contributed by atoms with Crippen molar-refractivity contribution in [3.05, 3.63) is 0 Å². The molecule has 4 aliphatic rings. The average molecular weight is 352 g/mol. The summed E-state index contributed by atoms with van der Waals surface area (Å²) < 4.78 is 0. The highest BCUT2D eigenvalue weighted by molar-refractivity contribution is 7.99. The summed E-state index contributed by atoms with van der Waals surface area (Å²) in [4.78, 5) is 15.5. The Morgan fingerprint density at radius 3 is 2.50 bits per heavy atom. The molecule has 1 amide bonds. The molecule has 4 nitrogen and oxygen atoms in total. The number of nitrogens with one attached hydrogen (secondary N) is 2. The van der Waals surface area contributed by atoms with Gasteiger partial charge in [-0.25, -0.2) is 0 Å². The summed E-state index contributed by atoms with van der Waals surface area (Å²) in [6, 6.07) is 0. The number of piperidine rings is 1. The van der Waals surface area contributed by atoms with Crippen molar-refractivity contribution in [1.29, 1.82) is 0 Å². The molecule has 2 saturated heterocycles. The molecule has 0 aromatic rings. The van der Waals surface area contributed by atoms with Crippen molar-refractivity contribution < 1.29 is 4.79 Å². The SMILES string of the molecule is O=C(NCC1(N2CCSCC2)CCCCC1)C1CC12CCNCC2. The third-order valence-electron chi connectivity index (χ3n) is 7.16. The summed E-state index contributed by atoms with van der Waals surface area (Å²) >= 11 is 2.08. The molecule has 24 heavy (non-hydrogen) atoms. The second kappa shape index (κ2) is 7.16. The Kier molecular flexibility index (Phi) is 5.12. The lowest BCUT2D eigenvalue weighted by Gasteiger charge is -2.48. The minimum absolute atomic E-state index is 0.255. The number of thioether (sulfide) groups is 1. The van der Waals surface area contributed by atoms with E-state index in [1.165, 1.54) is 69.5 Å². The molecule has 2 aliphatic heterocycles. The van der Waals surface area contributed by atoms with Crippen LogP contribution in [0.1, 0.15) is 51.4 Å². The first kappa shape index (κ1) is 17.2. The van der Waals surface area contributed by atoms with Gasteiger partial charge in [0.15, 0.2) is 0 Å². The van der Waals surface area contributed by atoms with Crippen LogP contribution in [-0.2, 0) is 4.79 Å². The first-order valence-corrected chi connectivity index (χ1v) is 11.2. The van der Waals surface area contributed by atoms with E-state index in [0.717, 1.165) is 26.1 Å². The van der Waals surface area contributed by atoms with E-state index in [9.17, 15) is 4.79 Å². The zero-order valence-corrected chi connectivity index (χ0v) is 15.8. The predicted octanol–water partition coefficient (Wildman–Crippen LogP) is 2.24. The largest absolute Gasteiger partial charge is 0.354 e. The van der Waals surface area contributed by atoms with Gasteiger partial charge < -0.3 is 10.6 Å². The minimum Gasteiger partial charge on any atom is -0.354 e. The Hall–Kier alpha value is -0.260. The van der Waals surface area contributed by atoms with E-state index in [4.69, 9.17) is 0 Å². The van der Waals surface area contributed by atoms with Gasteiger partial charge in [-0.2, -0.15) is 11.8 Å². The fourth-order valence-corrected chi connectivity index (χ4v) is 6.33. The molecule has 0 bridgehead atoms. The number of hydrogen-bond acceptors (Lipinski definition) is 4. The van der Waals surface area contributed by atoms with E-state index in [-0.39, 0.29) is 5.54 Å². The predicted molar refractivity (Wildman–Crippen MR) is 100 cm³/mol. The third-order valence-corrected chi connectivity index (χ3v) is 8.11. The summed E-state index contributed by atoms with van der Waals surface area (Å²) in [5.74, 6) is 3.17. The van der Waals surface area contributed by atoms with Crippen molar-refractivity contribution in [2.45, 2.75) is 56.9 Å². The van der Waals surface area contributed by atoms with E-state index in [2.05, 4.69) is 27.3 Å². The van der Waals surface area contributed by atoms with Gasteiger partial charge in [0.2, 0.25) is 5.91 Å². The highest BCUT2D eigenvalue weighted by Crippen LogP contribution is 2.58. The molecule has 0 aromatic carbocycles. The maximum absolute atomic E-state index is 12.8. The second-order valence-corrected chi connectivity index (χ2v) is 9.70. The van der Waals surface area contributed by atoms with Crippen LogP contribution in [0, 0.1) is 11.3 Å². The molecule has 2 N–H and O–H groups in total. The van der Waals surface area contributed by atoms with Gasteiger partial charge in [0.25, 0.3) is 0 Å². The van der Waals surface area contributed by atoms with Gasteiger partial charge in [0, 0.05) is 42.6 Å². The number of carbonyl (C=O) groups is 1. The van der Waals surface area contributed by atoms with Crippen LogP contribution in [0.2, 0.25) is 0 Å². The molecule has 0 aromatic heterocycles. The fraction of sp³-hybridized carbons (Fsp3) is 0.947. The molecule has 1 spiro atoms. The topological polar surface area (TPSA) is 44.4 Å². The molecule has 1 atom stereocenters. The molecule has 2 saturated carbocycles. The van der Waals surface area contributed by atoms with E-state index in [0.29, 0.717) is 17.2 Å². The summed E-state index contributed by atoms with van der Waals surface area (Å²) in [5, 5.41) is 6.85. The van der Waals surface area contributed by atoms with Crippen molar-refractivity contribution in [3.8, 4) is 0 Å². The van der Waals surface area contributed by atoms with Crippen LogP contribution in [0.3, 0.4) is 0 Å². The smallest absolute Gasteiger partial charge is 0.223 e. The Morgan fingerprint density at radius 2 is 1.79 bits per heavy atom. The van der Waals surface area contributed by atoms with Crippen LogP contribution >= 0.6 is 11.8 Å². The maximum atomic E-state index is 12.8. The van der Waals surface area contributed by atoms with Crippen LogP contribution in [0.5, 0.6) is 0 Å². The van der Waals surface area contributed by atoms with Gasteiger partial charge >= 0.3 is 0 Å². The van der Waals surface area contributed by atoms with Crippen molar-refractivity contribution in [2.75, 3.05) is 44.2 Å². The quantitative estimate of drug-likeness (QED) is 0.815. The van der Waals surface area contributed by atoms with Gasteiger partial charge in [-0.05, 0) is 50.6 Å². The monoisotopic (exact) mass is 351 g/mol. The first-order chi connectivity index (χ1) is 11.7. The van der Waals surface area contributed by atoms with Crippen molar-refractivity contribution in [3.63, 3.8) is 0 Å². The zero-order chi connectivity index (χ0) is 16.5. The van der Waals surface area contributed by atoms with Gasteiger partial charge in [-0.15, -0.1) is 0 Å². The molecule has 136 valence electrons. The standard InChI is InChI=1S/C19H33N3OS/c23-17(16-14-18(16)6-8-20-9-7-18)21-15-19(4-2-1-3-5-19)22-10-12-24-13-11-22/h16,20H,1-15H2,(H,21,23). The van der Waals surface area contributed by atoms with Gasteiger partial charge in [-0.1, -0.05) is 19.3 Å². The van der Waals surface area contributed by atoms with E-state index in [1.54, 1.807) is 0 Å². The Bertz CT molecular complexity index is 452. The van der Waals surface area contributed by atoms with Crippen LogP contribution < -0.4 is 10.6 Å². The Balaban J connectivity index is 1.35. The van der Waals surface area contributed by atoms with E-state index >= 15 is 0 Å². The molecule has 4 rings (SSSR count). The molecule has 1 unspecified atom stereocenters. The lowest BCUT2D eigenvalue weighted by molar-refractivity contribution is -0.124. The molecular weight excluding hydrogens is 318 g/mol. The van der Waals surface area contributed by atoms with Crippen LogP contribution in [-0.4, -0.2) is 60.6 Å². The number of rotatable bonds is 4. The molecular formula is C19H33N3OS. The zero-order valence-electron chi connectivity index (χ0n) is 14.9. The van der Waals surface area contributed by atoms with Crippen molar-refractivity contribution >= 4 is 17.7 Å². The van der Waals surface area contributed by atoms with Crippen LogP contribution in [0.4, 0.5) is 0 Å². The Labute approximate surface area is 150 Å². The molecule has 4 fully saturated rings. The minimum atomic E-state index is 0.255. The van der Waals surface area contributed by atoms with Crippen LogP contribution in [0.15, 0.2) is 0 Å². The molecule has 5 heteroatoms. The van der Waals surface area contributed by atoms with Gasteiger partial charge in [0.1, 0.15) is 0 Å². The van der Waals surface area contributed by atoms with Crippen LogP contribution in [0.25, 0.3) is 0 Å². The molecule has 0 radical (unpaired) electrons. The van der Waals surface area contributed by atoms with E-state index < -0.39 is 0 Å². The average Bonchev–Trinajstić information content (AvgIpc) is 3.35. The Morgan fingerprint density at radius 1 is 1.08 bits per heavy atom. The fourth-order valence-electron chi connectivity index (χ4n) is 5.42. The highest BCUT2D eigenvalue weighted by Gasteiger charge is 2.57. The van der Waals surface area contributed by atoms with Gasteiger partial charge in [0.05, 0.1) is 0 Å². The number of nitrogens with zero attached hydrogens (tertiary/aromatic N) is 1. The molecule has 2 heterocycles. The number of amides is 1. The third kappa shape index (κ3) is 3.36. The summed E-state index contributed by atoms with van der Waals surface area (Å²) in [6.07, 6.45) is 10.1. The maximum Gasteiger partial charge on any atom is 0.223 e. The van der Waals surface area contributed by atoms with Gasteiger partial charge in [-0.3, -0.25) is 9.69 Å². The number of carbonyl (C=O) groups excluding carboxylic acids is 1. The first-order valence-electron chi connectivity index (χ1n) is 10.1. The lowest BCUT2D eigenvalue weighted by Crippen LogP contribution is -2.59.